The molecule has 4 nitrogen and oxygen atoms in total. The summed E-state index contributed by atoms with van der Waals surface area (Å²) in [5.74, 6) is -0.0859. The lowest BCUT2D eigenvalue weighted by atomic mass is 9.95. The number of amides is 1. The molecule has 4 rings (SSSR count). The molecule has 2 heterocycles. The summed E-state index contributed by atoms with van der Waals surface area (Å²) in [6.07, 6.45) is 1.61. The predicted molar refractivity (Wildman–Crippen MR) is 108 cm³/mol. The fourth-order valence-electron chi connectivity index (χ4n) is 3.51. The third-order valence-corrected chi connectivity index (χ3v) is 6.21. The number of piperidine rings is 1. The number of carbonyl (C=O) groups excluding carboxylic acids is 1. The fraction of sp³-hybridized carbons (Fsp3) is 0.333. The summed E-state index contributed by atoms with van der Waals surface area (Å²) in [5, 5.41) is 4.05. The van der Waals surface area contributed by atoms with Crippen molar-refractivity contribution in [3.8, 4) is 0 Å². The SMILES string of the molecule is CC(NC(=O)C1CCN(c2nc3ccc(F)cc3s2)CC1)c1ccccc1. The van der Waals surface area contributed by atoms with Crippen molar-refractivity contribution >= 4 is 32.6 Å². The Morgan fingerprint density at radius 1 is 1.22 bits per heavy atom. The molecule has 140 valence electrons. The predicted octanol–water partition coefficient (Wildman–Crippen LogP) is 4.53. The molecular formula is C21H22FN3OS. The molecular weight excluding hydrogens is 361 g/mol. The number of hydrogen-bond acceptors (Lipinski definition) is 4. The number of carbonyl (C=O) groups is 1. The van der Waals surface area contributed by atoms with Crippen LogP contribution < -0.4 is 10.2 Å². The number of aromatic nitrogens is 1. The van der Waals surface area contributed by atoms with Crippen LogP contribution in [-0.4, -0.2) is 24.0 Å². The molecule has 1 aromatic heterocycles. The highest BCUT2D eigenvalue weighted by molar-refractivity contribution is 7.22. The van der Waals surface area contributed by atoms with Crippen LogP contribution in [0, 0.1) is 11.7 Å². The average Bonchev–Trinajstić information content (AvgIpc) is 3.12. The topological polar surface area (TPSA) is 45.2 Å². The second kappa shape index (κ2) is 7.64. The van der Waals surface area contributed by atoms with Crippen LogP contribution in [0.25, 0.3) is 10.2 Å². The summed E-state index contributed by atoms with van der Waals surface area (Å²) in [4.78, 5) is 19.4. The lowest BCUT2D eigenvalue weighted by molar-refractivity contribution is -0.126. The first-order valence-electron chi connectivity index (χ1n) is 9.26. The molecule has 6 heteroatoms. The first-order chi connectivity index (χ1) is 13.1. The lowest BCUT2D eigenvalue weighted by Crippen LogP contribution is -2.41. The smallest absolute Gasteiger partial charge is 0.223 e. The van der Waals surface area contributed by atoms with Gasteiger partial charge >= 0.3 is 0 Å². The van der Waals surface area contributed by atoms with Crippen LogP contribution >= 0.6 is 11.3 Å². The van der Waals surface area contributed by atoms with Gasteiger partial charge in [0.2, 0.25) is 5.91 Å². The maximum atomic E-state index is 13.4. The summed E-state index contributed by atoms with van der Waals surface area (Å²) >= 11 is 1.51. The maximum absolute atomic E-state index is 13.4. The molecule has 0 spiro atoms. The van der Waals surface area contributed by atoms with E-state index in [4.69, 9.17) is 0 Å². The van der Waals surface area contributed by atoms with Crippen molar-refractivity contribution in [3.05, 3.63) is 59.9 Å². The summed E-state index contributed by atoms with van der Waals surface area (Å²) in [6.45, 7) is 3.60. The molecule has 1 amide bonds. The number of rotatable bonds is 4. The Morgan fingerprint density at radius 2 is 1.96 bits per heavy atom. The Labute approximate surface area is 162 Å². The van der Waals surface area contributed by atoms with Crippen molar-refractivity contribution in [3.63, 3.8) is 0 Å². The van der Waals surface area contributed by atoms with Crippen LogP contribution in [0.2, 0.25) is 0 Å². The second-order valence-corrected chi connectivity index (χ2v) is 8.02. The van der Waals surface area contributed by atoms with Crippen molar-refractivity contribution in [2.75, 3.05) is 18.0 Å². The normalized spacial score (nSPS) is 16.4. The van der Waals surface area contributed by atoms with Crippen molar-refractivity contribution in [1.29, 1.82) is 0 Å². The molecule has 0 bridgehead atoms. The van der Waals surface area contributed by atoms with Gasteiger partial charge in [-0.15, -0.1) is 0 Å². The van der Waals surface area contributed by atoms with E-state index in [1.54, 1.807) is 6.07 Å². The first-order valence-corrected chi connectivity index (χ1v) is 10.1. The number of nitrogens with zero attached hydrogens (tertiary/aromatic N) is 2. The van der Waals surface area contributed by atoms with Gasteiger partial charge < -0.3 is 10.2 Å². The molecule has 27 heavy (non-hydrogen) atoms. The van der Waals surface area contributed by atoms with Gasteiger partial charge in [-0.05, 0) is 43.5 Å². The first kappa shape index (κ1) is 17.9. The highest BCUT2D eigenvalue weighted by atomic mass is 32.1. The van der Waals surface area contributed by atoms with Gasteiger partial charge in [-0.1, -0.05) is 41.7 Å². The van der Waals surface area contributed by atoms with Crippen LogP contribution in [0.5, 0.6) is 0 Å². The second-order valence-electron chi connectivity index (χ2n) is 7.01. The lowest BCUT2D eigenvalue weighted by Gasteiger charge is -2.31. The fourth-order valence-corrected chi connectivity index (χ4v) is 4.55. The Balaban J connectivity index is 1.36. The molecule has 1 fully saturated rings. The number of hydrogen-bond donors (Lipinski definition) is 1. The van der Waals surface area contributed by atoms with Crippen LogP contribution in [0.3, 0.4) is 0 Å². The van der Waals surface area contributed by atoms with Gasteiger partial charge in [-0.2, -0.15) is 0 Å². The largest absolute Gasteiger partial charge is 0.349 e. The van der Waals surface area contributed by atoms with E-state index >= 15 is 0 Å². The Kier molecular flexibility index (Phi) is 5.07. The minimum Gasteiger partial charge on any atom is -0.349 e. The van der Waals surface area contributed by atoms with Gasteiger partial charge in [0, 0.05) is 19.0 Å². The van der Waals surface area contributed by atoms with Crippen molar-refractivity contribution < 1.29 is 9.18 Å². The Bertz CT molecular complexity index is 935. The van der Waals surface area contributed by atoms with Crippen molar-refractivity contribution in [1.82, 2.24) is 10.3 Å². The van der Waals surface area contributed by atoms with E-state index in [2.05, 4.69) is 15.2 Å². The number of nitrogens with one attached hydrogen (secondary N) is 1. The van der Waals surface area contributed by atoms with Crippen LogP contribution in [-0.2, 0) is 4.79 Å². The quantitative estimate of drug-likeness (QED) is 0.720. The van der Waals surface area contributed by atoms with Gasteiger partial charge in [0.15, 0.2) is 5.13 Å². The molecule has 2 aromatic carbocycles. The minimum absolute atomic E-state index is 0.0101. The zero-order valence-electron chi connectivity index (χ0n) is 15.2. The maximum Gasteiger partial charge on any atom is 0.223 e. The molecule has 1 atom stereocenters. The molecule has 3 aromatic rings. The molecule has 1 aliphatic heterocycles. The summed E-state index contributed by atoms with van der Waals surface area (Å²) in [6, 6.07) is 14.7. The monoisotopic (exact) mass is 383 g/mol. The molecule has 0 radical (unpaired) electrons. The summed E-state index contributed by atoms with van der Waals surface area (Å²) < 4.78 is 14.2. The molecule has 0 saturated carbocycles. The highest BCUT2D eigenvalue weighted by Gasteiger charge is 2.27. The third-order valence-electron chi connectivity index (χ3n) is 5.13. The molecule has 1 saturated heterocycles. The van der Waals surface area contributed by atoms with Gasteiger partial charge in [0.05, 0.1) is 16.3 Å². The Morgan fingerprint density at radius 3 is 2.70 bits per heavy atom. The number of thiazole rings is 1. The molecule has 1 aliphatic rings. The zero-order chi connectivity index (χ0) is 18.8. The van der Waals surface area contributed by atoms with E-state index in [9.17, 15) is 9.18 Å². The van der Waals surface area contributed by atoms with Crippen molar-refractivity contribution in [2.24, 2.45) is 5.92 Å². The summed E-state index contributed by atoms with van der Waals surface area (Å²) in [5.41, 5.74) is 1.94. The van der Waals surface area contributed by atoms with Gasteiger partial charge in [-0.25, -0.2) is 9.37 Å². The van der Waals surface area contributed by atoms with E-state index in [0.29, 0.717) is 0 Å². The number of fused-ring (bicyclic) bond motifs is 1. The standard InChI is InChI=1S/C21H22FN3OS/c1-14(15-5-3-2-4-6-15)23-20(26)16-9-11-25(12-10-16)21-24-18-8-7-17(22)13-19(18)27-21/h2-8,13-14,16H,9-12H2,1H3,(H,23,26). The minimum atomic E-state index is -0.236. The van der Waals surface area contributed by atoms with E-state index in [0.717, 1.165) is 46.8 Å². The van der Waals surface area contributed by atoms with Crippen LogP contribution in [0.4, 0.5) is 9.52 Å². The van der Waals surface area contributed by atoms with E-state index < -0.39 is 0 Å². The molecule has 1 N–H and O–H groups in total. The van der Waals surface area contributed by atoms with Crippen LogP contribution in [0.1, 0.15) is 31.4 Å². The zero-order valence-corrected chi connectivity index (χ0v) is 16.0. The Hall–Kier alpha value is -2.47. The van der Waals surface area contributed by atoms with Gasteiger partial charge in [-0.3, -0.25) is 4.79 Å². The molecule has 1 unspecified atom stereocenters. The van der Waals surface area contributed by atoms with Gasteiger partial charge in [0.1, 0.15) is 5.82 Å². The average molecular weight is 383 g/mol. The van der Waals surface area contributed by atoms with Crippen molar-refractivity contribution in [2.45, 2.75) is 25.8 Å². The van der Waals surface area contributed by atoms with Crippen LogP contribution in [0.15, 0.2) is 48.5 Å². The number of benzene rings is 2. The van der Waals surface area contributed by atoms with Gasteiger partial charge in [0.25, 0.3) is 0 Å². The van der Waals surface area contributed by atoms with E-state index in [1.165, 1.54) is 23.5 Å². The third kappa shape index (κ3) is 3.95. The highest BCUT2D eigenvalue weighted by Crippen LogP contribution is 2.32. The van der Waals surface area contributed by atoms with E-state index in [1.807, 2.05) is 37.3 Å². The molecule has 0 aliphatic carbocycles. The number of halogens is 1. The summed E-state index contributed by atoms with van der Waals surface area (Å²) in [7, 11) is 0. The number of anilines is 1. The van der Waals surface area contributed by atoms with E-state index in [-0.39, 0.29) is 23.7 Å².